The molecule has 4 nitrogen and oxygen atoms in total. The van der Waals surface area contributed by atoms with Gasteiger partial charge in [-0.25, -0.2) is 0 Å². The molecular weight excluding hydrogens is 276 g/mol. The highest BCUT2D eigenvalue weighted by atomic mass is 35.5. The lowest BCUT2D eigenvalue weighted by Gasteiger charge is -2.21. The number of methoxy groups -OCH3 is 1. The Morgan fingerprint density at radius 3 is 2.95 bits per heavy atom. The third-order valence-electron chi connectivity index (χ3n) is 3.17. The molecule has 20 heavy (non-hydrogen) atoms. The summed E-state index contributed by atoms with van der Waals surface area (Å²) in [5.41, 5.74) is 2.02. The molecular formula is C15H19ClN2O2. The molecule has 0 aliphatic heterocycles. The average molecular weight is 295 g/mol. The van der Waals surface area contributed by atoms with Gasteiger partial charge in [-0.05, 0) is 23.8 Å². The van der Waals surface area contributed by atoms with Crippen molar-refractivity contribution in [3.05, 3.63) is 41.0 Å². The topological polar surface area (TPSA) is 45.6 Å². The number of aliphatic hydroxyl groups excluding tert-OH is 1. The first-order chi connectivity index (χ1) is 9.74. The number of ether oxygens (including phenoxy) is 1. The molecule has 1 heterocycles. The van der Waals surface area contributed by atoms with Crippen molar-refractivity contribution in [1.82, 2.24) is 9.88 Å². The van der Waals surface area contributed by atoms with Gasteiger partial charge in [0, 0.05) is 43.3 Å². The van der Waals surface area contributed by atoms with E-state index in [1.807, 2.05) is 24.3 Å². The van der Waals surface area contributed by atoms with Crippen molar-refractivity contribution in [2.75, 3.05) is 33.4 Å². The van der Waals surface area contributed by atoms with Crippen molar-refractivity contribution < 1.29 is 9.84 Å². The van der Waals surface area contributed by atoms with Crippen LogP contribution in [0.1, 0.15) is 5.56 Å². The third-order valence-corrected chi connectivity index (χ3v) is 3.39. The Kier molecular flexibility index (Phi) is 5.73. The predicted molar refractivity (Wildman–Crippen MR) is 81.0 cm³/mol. The molecule has 1 aromatic heterocycles. The summed E-state index contributed by atoms with van der Waals surface area (Å²) in [4.78, 5) is 6.56. The Hall–Kier alpha value is -1.20. The van der Waals surface area contributed by atoms with Gasteiger partial charge in [-0.1, -0.05) is 17.7 Å². The Bertz CT molecular complexity index is 563. The summed E-state index contributed by atoms with van der Waals surface area (Å²) in [6.45, 7) is 2.81. The molecule has 0 amide bonds. The lowest BCUT2D eigenvalue weighted by Crippen LogP contribution is -2.30. The van der Waals surface area contributed by atoms with E-state index < -0.39 is 0 Å². The molecule has 2 rings (SSSR count). The van der Waals surface area contributed by atoms with Gasteiger partial charge in [-0.2, -0.15) is 0 Å². The number of aromatic nitrogens is 1. The summed E-state index contributed by atoms with van der Waals surface area (Å²) in [6.07, 6.45) is 1.78. The van der Waals surface area contributed by atoms with Crippen molar-refractivity contribution in [1.29, 1.82) is 0 Å². The number of fused-ring (bicyclic) bond motifs is 1. The van der Waals surface area contributed by atoms with Crippen molar-refractivity contribution in [2.24, 2.45) is 0 Å². The fraction of sp³-hybridized carbons (Fsp3) is 0.400. The second-order valence-electron chi connectivity index (χ2n) is 4.63. The van der Waals surface area contributed by atoms with Crippen LogP contribution in [0.3, 0.4) is 0 Å². The first-order valence-electron chi connectivity index (χ1n) is 6.60. The van der Waals surface area contributed by atoms with Crippen LogP contribution in [-0.4, -0.2) is 48.4 Å². The Morgan fingerprint density at radius 2 is 2.20 bits per heavy atom. The van der Waals surface area contributed by atoms with Gasteiger partial charge < -0.3 is 9.84 Å². The number of halogens is 1. The van der Waals surface area contributed by atoms with E-state index in [1.54, 1.807) is 13.3 Å². The van der Waals surface area contributed by atoms with Crippen LogP contribution in [0.25, 0.3) is 10.9 Å². The fourth-order valence-electron chi connectivity index (χ4n) is 2.22. The number of hydrogen-bond donors (Lipinski definition) is 1. The molecule has 0 bridgehead atoms. The van der Waals surface area contributed by atoms with Crippen LogP contribution < -0.4 is 0 Å². The number of rotatable bonds is 7. The Morgan fingerprint density at radius 1 is 1.35 bits per heavy atom. The molecule has 0 saturated heterocycles. The summed E-state index contributed by atoms with van der Waals surface area (Å²) in [6, 6.07) is 7.76. The molecule has 1 N–H and O–H groups in total. The monoisotopic (exact) mass is 294 g/mol. The Labute approximate surface area is 123 Å². The molecule has 0 spiro atoms. The molecule has 0 saturated carbocycles. The lowest BCUT2D eigenvalue weighted by atomic mass is 10.1. The van der Waals surface area contributed by atoms with Gasteiger partial charge in [-0.3, -0.25) is 9.88 Å². The molecule has 108 valence electrons. The maximum atomic E-state index is 9.16. The zero-order valence-corrected chi connectivity index (χ0v) is 12.3. The first kappa shape index (κ1) is 15.2. The second-order valence-corrected chi connectivity index (χ2v) is 5.07. The van der Waals surface area contributed by atoms with Gasteiger partial charge in [0.15, 0.2) is 0 Å². The summed E-state index contributed by atoms with van der Waals surface area (Å²) in [5.74, 6) is 0. The van der Waals surface area contributed by atoms with Crippen molar-refractivity contribution in [3.63, 3.8) is 0 Å². The highest BCUT2D eigenvalue weighted by Gasteiger charge is 2.10. The molecule has 2 aromatic rings. The number of nitrogens with zero attached hydrogens (tertiary/aromatic N) is 2. The van der Waals surface area contributed by atoms with Crippen LogP contribution in [0, 0.1) is 0 Å². The van der Waals surface area contributed by atoms with Gasteiger partial charge >= 0.3 is 0 Å². The van der Waals surface area contributed by atoms with Gasteiger partial charge in [0.2, 0.25) is 0 Å². The van der Waals surface area contributed by atoms with Crippen LogP contribution in [0.15, 0.2) is 30.5 Å². The summed E-state index contributed by atoms with van der Waals surface area (Å²) in [5, 5.41) is 10.9. The van der Waals surface area contributed by atoms with Crippen molar-refractivity contribution in [2.45, 2.75) is 6.54 Å². The Balaban J connectivity index is 2.26. The molecule has 0 atom stereocenters. The van der Waals surface area contributed by atoms with E-state index in [0.717, 1.165) is 23.0 Å². The minimum absolute atomic E-state index is 0.121. The molecule has 0 fully saturated rings. The van der Waals surface area contributed by atoms with Gasteiger partial charge in [0.1, 0.15) is 0 Å². The fourth-order valence-corrected chi connectivity index (χ4v) is 2.47. The maximum Gasteiger partial charge on any atom is 0.0747 e. The van der Waals surface area contributed by atoms with E-state index >= 15 is 0 Å². The standard InChI is InChI=1S/C15H19ClN2O2/c1-20-8-6-18(5-7-19)11-13-10-14(16)9-12-3-2-4-17-15(12)13/h2-4,9-10,19H,5-8,11H2,1H3. The molecule has 5 heteroatoms. The first-order valence-corrected chi connectivity index (χ1v) is 6.97. The lowest BCUT2D eigenvalue weighted by molar-refractivity contribution is 0.127. The number of aliphatic hydroxyl groups is 1. The van der Waals surface area contributed by atoms with E-state index in [1.165, 1.54) is 0 Å². The molecule has 0 aliphatic rings. The van der Waals surface area contributed by atoms with Crippen LogP contribution >= 0.6 is 11.6 Å². The number of hydrogen-bond acceptors (Lipinski definition) is 4. The zero-order valence-electron chi connectivity index (χ0n) is 11.6. The van der Waals surface area contributed by atoms with Crippen LogP contribution in [0.5, 0.6) is 0 Å². The summed E-state index contributed by atoms with van der Waals surface area (Å²) in [7, 11) is 1.67. The highest BCUT2D eigenvalue weighted by Crippen LogP contribution is 2.23. The van der Waals surface area contributed by atoms with E-state index in [0.29, 0.717) is 24.7 Å². The predicted octanol–water partition coefficient (Wildman–Crippen LogP) is 2.33. The molecule has 1 aromatic carbocycles. The normalized spacial score (nSPS) is 11.4. The smallest absolute Gasteiger partial charge is 0.0747 e. The summed E-state index contributed by atoms with van der Waals surface area (Å²) >= 11 is 6.17. The van der Waals surface area contributed by atoms with E-state index in [9.17, 15) is 0 Å². The van der Waals surface area contributed by atoms with Crippen LogP contribution in [-0.2, 0) is 11.3 Å². The molecule has 0 radical (unpaired) electrons. The quantitative estimate of drug-likeness (QED) is 0.851. The van der Waals surface area contributed by atoms with Gasteiger partial charge in [0.25, 0.3) is 0 Å². The second kappa shape index (κ2) is 7.55. The number of pyridine rings is 1. The zero-order chi connectivity index (χ0) is 14.4. The minimum Gasteiger partial charge on any atom is -0.395 e. The van der Waals surface area contributed by atoms with E-state index in [4.69, 9.17) is 21.4 Å². The molecule has 0 unspecified atom stereocenters. The summed E-state index contributed by atoms with van der Waals surface area (Å²) < 4.78 is 5.10. The van der Waals surface area contributed by atoms with Crippen molar-refractivity contribution in [3.8, 4) is 0 Å². The van der Waals surface area contributed by atoms with Crippen LogP contribution in [0.4, 0.5) is 0 Å². The van der Waals surface area contributed by atoms with Gasteiger partial charge in [-0.15, -0.1) is 0 Å². The average Bonchev–Trinajstić information content (AvgIpc) is 2.44. The SMILES string of the molecule is COCCN(CCO)Cc1cc(Cl)cc2cccnc12. The third kappa shape index (κ3) is 3.90. The maximum absolute atomic E-state index is 9.16. The largest absolute Gasteiger partial charge is 0.395 e. The van der Waals surface area contributed by atoms with Crippen LogP contribution in [0.2, 0.25) is 5.02 Å². The van der Waals surface area contributed by atoms with E-state index in [-0.39, 0.29) is 6.61 Å². The minimum atomic E-state index is 0.121. The molecule has 0 aliphatic carbocycles. The highest BCUT2D eigenvalue weighted by molar-refractivity contribution is 6.31. The van der Waals surface area contributed by atoms with Crippen molar-refractivity contribution >= 4 is 22.5 Å². The van der Waals surface area contributed by atoms with Gasteiger partial charge in [0.05, 0.1) is 18.7 Å². The van der Waals surface area contributed by atoms with E-state index in [2.05, 4.69) is 9.88 Å². The number of benzene rings is 1.